The second kappa shape index (κ2) is 5.85. The van der Waals surface area contributed by atoms with Crippen LogP contribution in [0.25, 0.3) is 0 Å². The maximum absolute atomic E-state index is 5.96. The quantitative estimate of drug-likeness (QED) is 0.675. The summed E-state index contributed by atoms with van der Waals surface area (Å²) in [5, 5.41) is 5.29. The molecule has 0 unspecified atom stereocenters. The molecule has 1 aromatic carbocycles. The zero-order valence-corrected chi connectivity index (χ0v) is 11.2. The summed E-state index contributed by atoms with van der Waals surface area (Å²) in [6.45, 7) is 1.88. The Hall–Kier alpha value is -1.58. The number of rotatable bonds is 3. The van der Waals surface area contributed by atoms with E-state index in [2.05, 4.69) is 15.5 Å². The maximum atomic E-state index is 5.96. The van der Waals surface area contributed by atoms with Gasteiger partial charge in [-0.05, 0) is 36.8 Å². The van der Waals surface area contributed by atoms with Gasteiger partial charge in [-0.25, -0.2) is 4.98 Å². The van der Waals surface area contributed by atoms with Gasteiger partial charge in [0.2, 0.25) is 0 Å². The first-order valence-corrected chi connectivity index (χ1v) is 6.09. The minimum Gasteiger partial charge on any atom is -0.261 e. The van der Waals surface area contributed by atoms with Gasteiger partial charge >= 0.3 is 0 Å². The van der Waals surface area contributed by atoms with Crippen molar-refractivity contribution in [3.05, 3.63) is 58.2 Å². The molecule has 0 amide bonds. The van der Waals surface area contributed by atoms with Crippen LogP contribution in [0.15, 0.2) is 47.7 Å². The lowest BCUT2D eigenvalue weighted by Gasteiger charge is -2.04. The van der Waals surface area contributed by atoms with Crippen LogP contribution in [0, 0.1) is 0 Å². The molecule has 0 fully saturated rings. The van der Waals surface area contributed by atoms with E-state index in [1.54, 1.807) is 18.3 Å². The van der Waals surface area contributed by atoms with Crippen LogP contribution in [0.1, 0.15) is 12.5 Å². The molecule has 0 saturated heterocycles. The van der Waals surface area contributed by atoms with Crippen molar-refractivity contribution in [3.63, 3.8) is 0 Å². The minimum absolute atomic E-state index is 0.515. The SMILES string of the molecule is C/C(=N/Nc1ccccn1)c1ccc(Cl)c(Cl)c1. The van der Waals surface area contributed by atoms with Crippen molar-refractivity contribution in [2.75, 3.05) is 5.43 Å². The fourth-order valence-corrected chi connectivity index (χ4v) is 1.65. The standard InChI is InChI=1S/C13H11Cl2N3/c1-9(10-5-6-11(14)12(15)8-10)17-18-13-4-2-3-7-16-13/h2-8H,1H3,(H,16,18)/b17-9-. The van der Waals surface area contributed by atoms with Gasteiger partial charge in [-0.2, -0.15) is 5.10 Å². The monoisotopic (exact) mass is 279 g/mol. The van der Waals surface area contributed by atoms with Crippen LogP contribution < -0.4 is 5.43 Å². The molecular formula is C13H11Cl2N3. The van der Waals surface area contributed by atoms with Crippen LogP contribution in [0.5, 0.6) is 0 Å². The molecule has 0 aliphatic rings. The van der Waals surface area contributed by atoms with Crippen LogP contribution in [-0.4, -0.2) is 10.7 Å². The number of halogens is 2. The van der Waals surface area contributed by atoms with Gasteiger partial charge < -0.3 is 0 Å². The van der Waals surface area contributed by atoms with Crippen molar-refractivity contribution in [3.8, 4) is 0 Å². The third-order valence-electron chi connectivity index (χ3n) is 2.34. The second-order valence-electron chi connectivity index (χ2n) is 3.65. The average Bonchev–Trinajstić information content (AvgIpc) is 2.40. The number of anilines is 1. The number of hydrogen-bond donors (Lipinski definition) is 1. The second-order valence-corrected chi connectivity index (χ2v) is 4.47. The van der Waals surface area contributed by atoms with Crippen molar-refractivity contribution >= 4 is 34.7 Å². The minimum atomic E-state index is 0.515. The molecule has 5 heteroatoms. The molecule has 0 spiro atoms. The highest BCUT2D eigenvalue weighted by Crippen LogP contribution is 2.22. The van der Waals surface area contributed by atoms with Crippen molar-refractivity contribution in [1.29, 1.82) is 0 Å². The molecule has 0 aliphatic heterocycles. The number of benzene rings is 1. The first-order chi connectivity index (χ1) is 8.66. The van der Waals surface area contributed by atoms with Crippen LogP contribution in [0.2, 0.25) is 10.0 Å². The number of pyridine rings is 1. The van der Waals surface area contributed by atoms with Gasteiger partial charge in [-0.1, -0.05) is 35.3 Å². The first-order valence-electron chi connectivity index (χ1n) is 5.33. The molecule has 0 aliphatic carbocycles. The molecule has 0 radical (unpaired) electrons. The van der Waals surface area contributed by atoms with Crippen LogP contribution in [-0.2, 0) is 0 Å². The Morgan fingerprint density at radius 2 is 2.00 bits per heavy atom. The predicted octanol–water partition coefficient (Wildman–Crippen LogP) is 4.22. The van der Waals surface area contributed by atoms with Gasteiger partial charge in [-0.15, -0.1) is 0 Å². The maximum Gasteiger partial charge on any atom is 0.146 e. The summed E-state index contributed by atoms with van der Waals surface area (Å²) in [4.78, 5) is 4.11. The normalized spacial score (nSPS) is 11.4. The Balaban J connectivity index is 2.15. The van der Waals surface area contributed by atoms with E-state index in [-0.39, 0.29) is 0 Å². The number of hydrogen-bond acceptors (Lipinski definition) is 3. The average molecular weight is 280 g/mol. The third-order valence-corrected chi connectivity index (χ3v) is 3.08. The Kier molecular flexibility index (Phi) is 4.18. The highest BCUT2D eigenvalue weighted by atomic mass is 35.5. The number of nitrogens with zero attached hydrogens (tertiary/aromatic N) is 2. The number of hydrazone groups is 1. The first kappa shape index (κ1) is 12.9. The Morgan fingerprint density at radius 3 is 2.67 bits per heavy atom. The Bertz CT molecular complexity index is 568. The highest BCUT2D eigenvalue weighted by molar-refractivity contribution is 6.42. The number of aromatic nitrogens is 1. The summed E-state index contributed by atoms with van der Waals surface area (Å²) >= 11 is 11.8. The number of nitrogens with one attached hydrogen (secondary N) is 1. The largest absolute Gasteiger partial charge is 0.261 e. The molecule has 2 rings (SSSR count). The smallest absolute Gasteiger partial charge is 0.146 e. The van der Waals surface area contributed by atoms with E-state index in [0.717, 1.165) is 11.3 Å². The molecule has 1 N–H and O–H groups in total. The lowest BCUT2D eigenvalue weighted by molar-refractivity contribution is 1.22. The van der Waals surface area contributed by atoms with Crippen molar-refractivity contribution < 1.29 is 0 Å². The van der Waals surface area contributed by atoms with Crippen LogP contribution >= 0.6 is 23.2 Å². The fraction of sp³-hybridized carbons (Fsp3) is 0.0769. The fourth-order valence-electron chi connectivity index (χ4n) is 1.36. The van der Waals surface area contributed by atoms with E-state index >= 15 is 0 Å². The highest BCUT2D eigenvalue weighted by Gasteiger charge is 2.02. The topological polar surface area (TPSA) is 37.3 Å². The molecule has 0 atom stereocenters. The molecular weight excluding hydrogens is 269 g/mol. The lowest BCUT2D eigenvalue weighted by atomic mass is 10.1. The van der Waals surface area contributed by atoms with E-state index in [0.29, 0.717) is 15.9 Å². The molecule has 0 bridgehead atoms. The molecule has 2 aromatic rings. The summed E-state index contributed by atoms with van der Waals surface area (Å²) in [5.41, 5.74) is 4.59. The zero-order valence-electron chi connectivity index (χ0n) is 9.69. The molecule has 0 saturated carbocycles. The summed E-state index contributed by atoms with van der Waals surface area (Å²) < 4.78 is 0. The van der Waals surface area contributed by atoms with Crippen LogP contribution in [0.3, 0.4) is 0 Å². The molecule has 1 heterocycles. The van der Waals surface area contributed by atoms with Gasteiger partial charge in [0.1, 0.15) is 5.82 Å². The lowest BCUT2D eigenvalue weighted by Crippen LogP contribution is -2.00. The summed E-state index contributed by atoms with van der Waals surface area (Å²) in [6, 6.07) is 11.0. The van der Waals surface area contributed by atoms with Crippen molar-refractivity contribution in [2.24, 2.45) is 5.10 Å². The van der Waals surface area contributed by atoms with Gasteiger partial charge in [-0.3, -0.25) is 5.43 Å². The molecule has 92 valence electrons. The van der Waals surface area contributed by atoms with E-state index in [4.69, 9.17) is 23.2 Å². The van der Waals surface area contributed by atoms with Crippen molar-refractivity contribution in [2.45, 2.75) is 6.92 Å². The van der Waals surface area contributed by atoms with E-state index in [1.807, 2.05) is 31.2 Å². The summed E-state index contributed by atoms with van der Waals surface area (Å²) in [7, 11) is 0. The van der Waals surface area contributed by atoms with Gasteiger partial charge in [0.05, 0.1) is 15.8 Å². The van der Waals surface area contributed by atoms with E-state index in [1.165, 1.54) is 0 Å². The molecule has 3 nitrogen and oxygen atoms in total. The van der Waals surface area contributed by atoms with E-state index in [9.17, 15) is 0 Å². The Morgan fingerprint density at radius 1 is 1.17 bits per heavy atom. The Labute approximate surface area is 115 Å². The van der Waals surface area contributed by atoms with Gasteiger partial charge in [0, 0.05) is 6.20 Å². The van der Waals surface area contributed by atoms with E-state index < -0.39 is 0 Å². The molecule has 18 heavy (non-hydrogen) atoms. The predicted molar refractivity (Wildman–Crippen MR) is 76.5 cm³/mol. The van der Waals surface area contributed by atoms with Gasteiger partial charge in [0.25, 0.3) is 0 Å². The van der Waals surface area contributed by atoms with Crippen molar-refractivity contribution in [1.82, 2.24) is 4.98 Å². The van der Waals surface area contributed by atoms with Gasteiger partial charge in [0.15, 0.2) is 0 Å². The van der Waals surface area contributed by atoms with Crippen LogP contribution in [0.4, 0.5) is 5.82 Å². The molecule has 1 aromatic heterocycles. The third kappa shape index (κ3) is 3.22. The summed E-state index contributed by atoms with van der Waals surface area (Å²) in [6.07, 6.45) is 1.70. The summed E-state index contributed by atoms with van der Waals surface area (Å²) in [5.74, 6) is 0.692. The zero-order chi connectivity index (χ0) is 13.0.